The van der Waals surface area contributed by atoms with Crippen LogP contribution in [0.4, 0.5) is 0 Å². The van der Waals surface area contributed by atoms with Crippen molar-refractivity contribution in [2.24, 2.45) is 5.92 Å². The van der Waals surface area contributed by atoms with Gasteiger partial charge in [0, 0.05) is 44.2 Å². The average Bonchev–Trinajstić information content (AvgIpc) is 3.15. The van der Waals surface area contributed by atoms with Crippen molar-refractivity contribution < 1.29 is 14.4 Å². The van der Waals surface area contributed by atoms with Crippen LogP contribution < -0.4 is 5.32 Å². The van der Waals surface area contributed by atoms with Crippen molar-refractivity contribution in [3.05, 3.63) is 71.8 Å². The number of nitrogens with zero attached hydrogens (tertiary/aromatic N) is 2. The number of carbonyl (C=O) groups excluding carboxylic acids is 3. The van der Waals surface area contributed by atoms with Gasteiger partial charge < -0.3 is 15.1 Å². The Labute approximate surface area is 176 Å². The van der Waals surface area contributed by atoms with Crippen molar-refractivity contribution in [2.45, 2.75) is 31.8 Å². The monoisotopic (exact) mass is 405 g/mol. The molecule has 3 amide bonds. The van der Waals surface area contributed by atoms with Gasteiger partial charge in [0.2, 0.25) is 11.8 Å². The third-order valence-electron chi connectivity index (χ3n) is 5.96. The summed E-state index contributed by atoms with van der Waals surface area (Å²) in [4.78, 5) is 41.3. The highest BCUT2D eigenvalue weighted by molar-refractivity contribution is 5.94. The fourth-order valence-corrected chi connectivity index (χ4v) is 4.25. The first-order valence-electron chi connectivity index (χ1n) is 10.6. The minimum absolute atomic E-state index is 0.0437. The Balaban J connectivity index is 1.26. The Kier molecular flexibility index (Phi) is 6.12. The number of amides is 3. The first-order valence-corrected chi connectivity index (χ1v) is 10.6. The third kappa shape index (κ3) is 4.70. The summed E-state index contributed by atoms with van der Waals surface area (Å²) in [7, 11) is 0. The lowest BCUT2D eigenvalue weighted by Gasteiger charge is -2.33. The zero-order valence-corrected chi connectivity index (χ0v) is 17.0. The maximum absolute atomic E-state index is 13.0. The van der Waals surface area contributed by atoms with Crippen LogP contribution in [0.3, 0.4) is 0 Å². The van der Waals surface area contributed by atoms with Gasteiger partial charge in [0.15, 0.2) is 0 Å². The van der Waals surface area contributed by atoms with Crippen molar-refractivity contribution in [2.75, 3.05) is 19.6 Å². The number of hydrogen-bond donors (Lipinski definition) is 1. The molecular weight excluding hydrogens is 378 g/mol. The zero-order chi connectivity index (χ0) is 20.9. The molecule has 2 aliphatic heterocycles. The highest BCUT2D eigenvalue weighted by Gasteiger charge is 2.37. The Hall–Kier alpha value is -3.15. The van der Waals surface area contributed by atoms with E-state index in [9.17, 15) is 14.4 Å². The van der Waals surface area contributed by atoms with Crippen molar-refractivity contribution in [3.8, 4) is 0 Å². The van der Waals surface area contributed by atoms with Crippen LogP contribution in [0.25, 0.3) is 0 Å². The second kappa shape index (κ2) is 9.11. The second-order valence-corrected chi connectivity index (χ2v) is 8.10. The van der Waals surface area contributed by atoms with E-state index in [1.54, 1.807) is 17.0 Å². The maximum atomic E-state index is 13.0. The summed E-state index contributed by atoms with van der Waals surface area (Å²) in [5, 5.41) is 3.07. The van der Waals surface area contributed by atoms with Crippen molar-refractivity contribution >= 4 is 17.7 Å². The van der Waals surface area contributed by atoms with Crippen LogP contribution in [0.2, 0.25) is 0 Å². The third-order valence-corrected chi connectivity index (χ3v) is 5.96. The minimum Gasteiger partial charge on any atom is -0.349 e. The lowest BCUT2D eigenvalue weighted by molar-refractivity contribution is -0.136. The summed E-state index contributed by atoms with van der Waals surface area (Å²) < 4.78 is 0. The summed E-state index contributed by atoms with van der Waals surface area (Å²) in [6, 6.07) is 19.1. The van der Waals surface area contributed by atoms with Crippen LogP contribution in [0.1, 0.15) is 35.2 Å². The standard InChI is InChI=1S/C24H27N3O3/c28-22-15-20(17-27(22)16-18-7-3-1-4-8-18)24(30)26-13-11-21(12-14-26)25-23(29)19-9-5-2-6-10-19/h1-10,20-21H,11-17H2,(H,25,29). The molecule has 6 heteroatoms. The van der Waals surface area contributed by atoms with E-state index < -0.39 is 0 Å². The number of rotatable bonds is 5. The van der Waals surface area contributed by atoms with Gasteiger partial charge in [-0.25, -0.2) is 0 Å². The topological polar surface area (TPSA) is 69.7 Å². The van der Waals surface area contributed by atoms with Gasteiger partial charge in [-0.15, -0.1) is 0 Å². The molecular formula is C24H27N3O3. The van der Waals surface area contributed by atoms with E-state index >= 15 is 0 Å². The zero-order valence-electron chi connectivity index (χ0n) is 17.0. The molecule has 30 heavy (non-hydrogen) atoms. The number of carbonyl (C=O) groups is 3. The molecule has 1 unspecified atom stereocenters. The van der Waals surface area contributed by atoms with Crippen LogP contribution in [0, 0.1) is 5.92 Å². The van der Waals surface area contributed by atoms with Gasteiger partial charge in [-0.1, -0.05) is 48.5 Å². The fraction of sp³-hybridized carbons (Fsp3) is 0.375. The number of piperidine rings is 1. The van der Waals surface area contributed by atoms with Crippen LogP contribution in [-0.2, 0) is 16.1 Å². The van der Waals surface area contributed by atoms with Crippen molar-refractivity contribution in [3.63, 3.8) is 0 Å². The molecule has 0 spiro atoms. The molecule has 2 aliphatic rings. The lowest BCUT2D eigenvalue weighted by Crippen LogP contribution is -2.48. The molecule has 0 bridgehead atoms. The van der Waals surface area contributed by atoms with E-state index in [-0.39, 0.29) is 36.1 Å². The average molecular weight is 405 g/mol. The van der Waals surface area contributed by atoms with E-state index in [4.69, 9.17) is 0 Å². The molecule has 1 N–H and O–H groups in total. The fourth-order valence-electron chi connectivity index (χ4n) is 4.25. The largest absolute Gasteiger partial charge is 0.349 e. The van der Waals surface area contributed by atoms with E-state index in [0.29, 0.717) is 31.7 Å². The van der Waals surface area contributed by atoms with Crippen molar-refractivity contribution in [1.29, 1.82) is 0 Å². The molecule has 0 aliphatic carbocycles. The minimum atomic E-state index is -0.267. The molecule has 156 valence electrons. The predicted molar refractivity (Wildman–Crippen MR) is 113 cm³/mol. The molecule has 0 aromatic heterocycles. The number of benzene rings is 2. The van der Waals surface area contributed by atoms with E-state index in [0.717, 1.165) is 18.4 Å². The molecule has 0 radical (unpaired) electrons. The second-order valence-electron chi connectivity index (χ2n) is 8.10. The van der Waals surface area contributed by atoms with Gasteiger partial charge in [-0.05, 0) is 30.5 Å². The van der Waals surface area contributed by atoms with Gasteiger partial charge in [-0.2, -0.15) is 0 Å². The lowest BCUT2D eigenvalue weighted by atomic mass is 10.0. The number of hydrogen-bond acceptors (Lipinski definition) is 3. The van der Waals surface area contributed by atoms with Gasteiger partial charge in [0.05, 0.1) is 5.92 Å². The first-order chi connectivity index (χ1) is 14.6. The Morgan fingerprint density at radius 1 is 0.933 bits per heavy atom. The van der Waals surface area contributed by atoms with E-state index in [1.165, 1.54) is 0 Å². The normalized spacial score (nSPS) is 19.7. The Bertz CT molecular complexity index is 892. The molecule has 2 aromatic carbocycles. The highest BCUT2D eigenvalue weighted by Crippen LogP contribution is 2.24. The molecule has 2 aromatic rings. The van der Waals surface area contributed by atoms with Crippen LogP contribution in [0.15, 0.2) is 60.7 Å². The summed E-state index contributed by atoms with van der Waals surface area (Å²) in [5.74, 6) is -0.232. The van der Waals surface area contributed by atoms with Gasteiger partial charge in [-0.3, -0.25) is 14.4 Å². The van der Waals surface area contributed by atoms with Gasteiger partial charge in [0.1, 0.15) is 0 Å². The van der Waals surface area contributed by atoms with Crippen molar-refractivity contribution in [1.82, 2.24) is 15.1 Å². The van der Waals surface area contributed by atoms with Gasteiger partial charge >= 0.3 is 0 Å². The van der Waals surface area contributed by atoms with Crippen LogP contribution in [0.5, 0.6) is 0 Å². The molecule has 2 saturated heterocycles. The summed E-state index contributed by atoms with van der Waals surface area (Å²) in [6.07, 6.45) is 1.76. The number of likely N-dealkylation sites (tertiary alicyclic amines) is 2. The maximum Gasteiger partial charge on any atom is 0.251 e. The summed E-state index contributed by atoms with van der Waals surface area (Å²) in [6.45, 7) is 2.26. The quantitative estimate of drug-likeness (QED) is 0.831. The molecule has 2 heterocycles. The molecule has 0 saturated carbocycles. The van der Waals surface area contributed by atoms with E-state index in [1.807, 2.05) is 53.4 Å². The smallest absolute Gasteiger partial charge is 0.251 e. The van der Waals surface area contributed by atoms with E-state index in [2.05, 4.69) is 5.32 Å². The highest BCUT2D eigenvalue weighted by atomic mass is 16.2. The molecule has 1 atom stereocenters. The molecule has 6 nitrogen and oxygen atoms in total. The SMILES string of the molecule is O=C(NC1CCN(C(=O)C2CC(=O)N(Cc3ccccc3)C2)CC1)c1ccccc1. The number of nitrogens with one attached hydrogen (secondary N) is 1. The van der Waals surface area contributed by atoms with Gasteiger partial charge in [0.25, 0.3) is 5.91 Å². The summed E-state index contributed by atoms with van der Waals surface area (Å²) in [5.41, 5.74) is 1.73. The first kappa shape index (κ1) is 20.1. The summed E-state index contributed by atoms with van der Waals surface area (Å²) >= 11 is 0. The van der Waals surface area contributed by atoms with Crippen LogP contribution in [-0.4, -0.2) is 53.2 Å². The predicted octanol–water partition coefficient (Wildman–Crippen LogP) is 2.46. The Morgan fingerprint density at radius 3 is 2.23 bits per heavy atom. The molecule has 4 rings (SSSR count). The Morgan fingerprint density at radius 2 is 1.57 bits per heavy atom. The molecule has 2 fully saturated rings. The van der Waals surface area contributed by atoms with Crippen LogP contribution >= 0.6 is 0 Å².